The normalized spacial score (nSPS) is 14.5. The van der Waals surface area contributed by atoms with Gasteiger partial charge in [-0.15, -0.1) is 0 Å². The van der Waals surface area contributed by atoms with Crippen molar-refractivity contribution < 1.29 is 4.74 Å². The Bertz CT molecular complexity index is 315. The Kier molecular flexibility index (Phi) is 5.26. The molecule has 90 valence electrons. The fourth-order valence-corrected chi connectivity index (χ4v) is 1.94. The van der Waals surface area contributed by atoms with Crippen LogP contribution >= 0.6 is 0 Å². The van der Waals surface area contributed by atoms with Crippen LogP contribution in [0.3, 0.4) is 0 Å². The van der Waals surface area contributed by atoms with Crippen LogP contribution in [0.4, 0.5) is 0 Å². The van der Waals surface area contributed by atoms with Gasteiger partial charge in [-0.25, -0.2) is 4.98 Å². The predicted molar refractivity (Wildman–Crippen MR) is 67.0 cm³/mol. The van der Waals surface area contributed by atoms with Gasteiger partial charge in [-0.3, -0.25) is 0 Å². The molecular weight excluding hydrogens is 200 g/mol. The molecule has 0 radical (unpaired) electrons. The first-order valence-electron chi connectivity index (χ1n) is 5.97. The Morgan fingerprint density at radius 2 is 2.12 bits per heavy atom. The minimum absolute atomic E-state index is 0.403. The summed E-state index contributed by atoms with van der Waals surface area (Å²) in [6, 6.07) is 6.41. The zero-order chi connectivity index (χ0) is 12.0. The number of nitrogens with one attached hydrogen (secondary N) is 1. The minimum Gasteiger partial charge on any atom is -0.481 e. The molecule has 2 unspecified atom stereocenters. The molecular formula is C13H22N2O. The van der Waals surface area contributed by atoms with Gasteiger partial charge in [0.2, 0.25) is 5.88 Å². The summed E-state index contributed by atoms with van der Waals surface area (Å²) in [5.41, 5.74) is 1.09. The average Bonchev–Trinajstić information content (AvgIpc) is 2.35. The Hall–Kier alpha value is -1.09. The first-order chi connectivity index (χ1) is 7.72. The number of likely N-dealkylation sites (N-methyl/N-ethyl adjacent to an activating group) is 1. The van der Waals surface area contributed by atoms with Crippen LogP contribution in [0.1, 0.15) is 38.8 Å². The predicted octanol–water partition coefficient (Wildman–Crippen LogP) is 2.58. The van der Waals surface area contributed by atoms with Gasteiger partial charge in [0, 0.05) is 23.7 Å². The van der Waals surface area contributed by atoms with E-state index in [1.165, 1.54) is 0 Å². The van der Waals surface area contributed by atoms with E-state index in [2.05, 4.69) is 37.1 Å². The van der Waals surface area contributed by atoms with E-state index in [-0.39, 0.29) is 0 Å². The molecule has 1 aromatic rings. The number of nitrogens with zero attached hydrogens (tertiary/aromatic N) is 1. The molecule has 2 atom stereocenters. The molecule has 1 N–H and O–H groups in total. The highest BCUT2D eigenvalue weighted by Gasteiger charge is 2.17. The SMILES string of the molecule is CCNC(CC)C(C)c1cccc(OC)n1. The Labute approximate surface area is 98.2 Å². The van der Waals surface area contributed by atoms with Crippen molar-refractivity contribution in [3.8, 4) is 5.88 Å². The van der Waals surface area contributed by atoms with Gasteiger partial charge in [-0.1, -0.05) is 26.8 Å². The topological polar surface area (TPSA) is 34.1 Å². The third-order valence-electron chi connectivity index (χ3n) is 2.93. The second-order valence-electron chi connectivity index (χ2n) is 3.97. The van der Waals surface area contributed by atoms with Crippen molar-refractivity contribution >= 4 is 0 Å². The summed E-state index contributed by atoms with van der Waals surface area (Å²) >= 11 is 0. The molecule has 0 amide bonds. The van der Waals surface area contributed by atoms with Crippen LogP contribution in [0, 0.1) is 0 Å². The van der Waals surface area contributed by atoms with Crippen molar-refractivity contribution in [3.05, 3.63) is 23.9 Å². The molecule has 1 aromatic heterocycles. The maximum Gasteiger partial charge on any atom is 0.213 e. The number of rotatable bonds is 6. The lowest BCUT2D eigenvalue weighted by Crippen LogP contribution is -2.33. The number of ether oxygens (including phenoxy) is 1. The molecule has 0 spiro atoms. The molecule has 0 aromatic carbocycles. The Balaban J connectivity index is 2.80. The van der Waals surface area contributed by atoms with Gasteiger partial charge in [0.15, 0.2) is 0 Å². The molecule has 0 aliphatic carbocycles. The lowest BCUT2D eigenvalue weighted by atomic mass is 9.95. The van der Waals surface area contributed by atoms with E-state index in [4.69, 9.17) is 4.74 Å². The number of pyridine rings is 1. The highest BCUT2D eigenvalue weighted by Crippen LogP contribution is 2.21. The highest BCUT2D eigenvalue weighted by molar-refractivity contribution is 5.19. The smallest absolute Gasteiger partial charge is 0.213 e. The molecule has 0 saturated carbocycles. The Morgan fingerprint density at radius 1 is 1.38 bits per heavy atom. The van der Waals surface area contributed by atoms with E-state index in [0.717, 1.165) is 18.7 Å². The first-order valence-corrected chi connectivity index (χ1v) is 5.97. The van der Waals surface area contributed by atoms with Crippen LogP contribution in [0.15, 0.2) is 18.2 Å². The first kappa shape index (κ1) is 13.0. The van der Waals surface area contributed by atoms with Gasteiger partial charge in [-0.2, -0.15) is 0 Å². The van der Waals surface area contributed by atoms with Gasteiger partial charge in [-0.05, 0) is 19.0 Å². The summed E-state index contributed by atoms with van der Waals surface area (Å²) in [5, 5.41) is 3.49. The van der Waals surface area contributed by atoms with E-state index in [1.807, 2.05) is 12.1 Å². The molecule has 3 heteroatoms. The summed E-state index contributed by atoms with van der Waals surface area (Å²) in [5.74, 6) is 1.09. The van der Waals surface area contributed by atoms with Crippen LogP contribution in [-0.4, -0.2) is 24.7 Å². The van der Waals surface area contributed by atoms with Gasteiger partial charge in [0.1, 0.15) is 0 Å². The van der Waals surface area contributed by atoms with Crippen LogP contribution in [0.2, 0.25) is 0 Å². The summed E-state index contributed by atoms with van der Waals surface area (Å²) in [6.45, 7) is 7.53. The summed E-state index contributed by atoms with van der Waals surface area (Å²) in [6.07, 6.45) is 1.11. The summed E-state index contributed by atoms with van der Waals surface area (Å²) in [4.78, 5) is 4.48. The quantitative estimate of drug-likeness (QED) is 0.803. The molecule has 16 heavy (non-hydrogen) atoms. The van der Waals surface area contributed by atoms with Crippen LogP contribution in [0.5, 0.6) is 5.88 Å². The second kappa shape index (κ2) is 6.48. The number of methoxy groups -OCH3 is 1. The molecule has 0 saturated heterocycles. The van der Waals surface area contributed by atoms with Crippen LogP contribution in [0.25, 0.3) is 0 Å². The van der Waals surface area contributed by atoms with E-state index in [9.17, 15) is 0 Å². The third-order valence-corrected chi connectivity index (χ3v) is 2.93. The van der Waals surface area contributed by atoms with Crippen molar-refractivity contribution in [2.75, 3.05) is 13.7 Å². The maximum atomic E-state index is 5.15. The zero-order valence-electron chi connectivity index (χ0n) is 10.7. The van der Waals surface area contributed by atoms with E-state index in [0.29, 0.717) is 17.8 Å². The molecule has 0 aliphatic heterocycles. The molecule has 1 rings (SSSR count). The van der Waals surface area contributed by atoms with Crippen molar-refractivity contribution in [1.82, 2.24) is 10.3 Å². The monoisotopic (exact) mass is 222 g/mol. The van der Waals surface area contributed by atoms with Crippen LogP contribution < -0.4 is 10.1 Å². The minimum atomic E-state index is 0.403. The van der Waals surface area contributed by atoms with Crippen molar-refractivity contribution in [2.45, 2.75) is 39.2 Å². The van der Waals surface area contributed by atoms with E-state index >= 15 is 0 Å². The van der Waals surface area contributed by atoms with Crippen molar-refractivity contribution in [2.24, 2.45) is 0 Å². The lowest BCUT2D eigenvalue weighted by Gasteiger charge is -2.23. The second-order valence-corrected chi connectivity index (χ2v) is 3.97. The van der Waals surface area contributed by atoms with Gasteiger partial charge in [0.25, 0.3) is 0 Å². The largest absolute Gasteiger partial charge is 0.481 e. The fraction of sp³-hybridized carbons (Fsp3) is 0.615. The Morgan fingerprint density at radius 3 is 2.69 bits per heavy atom. The highest BCUT2D eigenvalue weighted by atomic mass is 16.5. The average molecular weight is 222 g/mol. The van der Waals surface area contributed by atoms with E-state index in [1.54, 1.807) is 7.11 Å². The molecule has 0 bridgehead atoms. The zero-order valence-corrected chi connectivity index (χ0v) is 10.7. The van der Waals surface area contributed by atoms with Crippen LogP contribution in [-0.2, 0) is 0 Å². The number of aromatic nitrogens is 1. The summed E-state index contributed by atoms with van der Waals surface area (Å²) < 4.78 is 5.15. The standard InChI is InChI=1S/C13H22N2O/c1-5-11(14-6-2)10(3)12-8-7-9-13(15-12)16-4/h7-11,14H,5-6H2,1-4H3. The lowest BCUT2D eigenvalue weighted by molar-refractivity contribution is 0.389. The van der Waals surface area contributed by atoms with Gasteiger partial charge < -0.3 is 10.1 Å². The van der Waals surface area contributed by atoms with Crippen molar-refractivity contribution in [3.63, 3.8) is 0 Å². The summed E-state index contributed by atoms with van der Waals surface area (Å²) in [7, 11) is 1.65. The molecule has 0 fully saturated rings. The van der Waals surface area contributed by atoms with E-state index < -0.39 is 0 Å². The maximum absolute atomic E-state index is 5.15. The third kappa shape index (κ3) is 3.20. The van der Waals surface area contributed by atoms with Gasteiger partial charge >= 0.3 is 0 Å². The molecule has 3 nitrogen and oxygen atoms in total. The number of hydrogen-bond donors (Lipinski definition) is 1. The van der Waals surface area contributed by atoms with Crippen molar-refractivity contribution in [1.29, 1.82) is 0 Å². The number of hydrogen-bond acceptors (Lipinski definition) is 3. The van der Waals surface area contributed by atoms with Gasteiger partial charge in [0.05, 0.1) is 7.11 Å². The molecule has 0 aliphatic rings. The fourth-order valence-electron chi connectivity index (χ4n) is 1.94. The molecule has 1 heterocycles.